The molecule has 0 rings (SSSR count). The molecular weight excluding hydrogens is 216 g/mol. The highest BCUT2D eigenvalue weighted by Crippen LogP contribution is 1.77. The van der Waals surface area contributed by atoms with Crippen LogP contribution >= 0.6 is 0 Å². The molecule has 88 valence electrons. The fourth-order valence-electron chi connectivity index (χ4n) is 0.491. The number of nitrogens with zero attached hydrogens (tertiary/aromatic N) is 4. The third-order valence-corrected chi connectivity index (χ3v) is 1.15. The number of carbonyl (C=O) groups excluding carboxylic acids is 1. The smallest absolute Gasteiger partial charge is 0.414 e. The van der Waals surface area contributed by atoms with E-state index >= 15 is 0 Å². The molecule has 0 aliphatic heterocycles. The molecule has 16 heavy (non-hydrogen) atoms. The van der Waals surface area contributed by atoms with Crippen LogP contribution in [0.3, 0.4) is 0 Å². The molecule has 0 aromatic heterocycles. The Bertz CT molecular complexity index is 338. The predicted octanol–water partition coefficient (Wildman–Crippen LogP) is 0.00190. The first kappa shape index (κ1) is 16.1. The van der Waals surface area contributed by atoms with E-state index in [1.165, 1.54) is 0 Å². The van der Waals surface area contributed by atoms with Crippen LogP contribution in [0.5, 0.6) is 0 Å². The summed E-state index contributed by atoms with van der Waals surface area (Å²) in [4.78, 5) is 25.0. The standard InChI is InChI=1S/2C4H6N2O2/c1-2-8-4(7)3-6-5;1-2-3(6-5)4(7)8/h3H,2H2,1H3;2H2,1H3,(H,7,8). The van der Waals surface area contributed by atoms with Gasteiger partial charge < -0.3 is 20.9 Å². The molecule has 0 atom stereocenters. The summed E-state index contributed by atoms with van der Waals surface area (Å²) in [7, 11) is 0. The van der Waals surface area contributed by atoms with E-state index in [0.717, 1.165) is 0 Å². The van der Waals surface area contributed by atoms with E-state index in [9.17, 15) is 9.59 Å². The third kappa shape index (κ3) is 9.79. The van der Waals surface area contributed by atoms with Crippen LogP contribution < -0.4 is 0 Å². The van der Waals surface area contributed by atoms with Crippen molar-refractivity contribution in [2.75, 3.05) is 6.61 Å². The van der Waals surface area contributed by atoms with Gasteiger partial charge in [-0.2, -0.15) is 9.58 Å². The summed E-state index contributed by atoms with van der Waals surface area (Å²) in [6.07, 6.45) is 0.940. The lowest BCUT2D eigenvalue weighted by Crippen LogP contribution is -2.11. The van der Waals surface area contributed by atoms with Crippen LogP contribution in [-0.2, 0) is 14.3 Å². The van der Waals surface area contributed by atoms with Crippen molar-refractivity contribution >= 4 is 23.9 Å². The average molecular weight is 228 g/mol. The van der Waals surface area contributed by atoms with Crippen molar-refractivity contribution in [3.8, 4) is 0 Å². The van der Waals surface area contributed by atoms with Gasteiger partial charge in [0, 0.05) is 0 Å². The number of carboxylic acid groups (broad SMARTS) is 1. The Labute approximate surface area is 91.7 Å². The van der Waals surface area contributed by atoms with Gasteiger partial charge in [-0.05, 0) is 6.92 Å². The molecule has 0 radical (unpaired) electrons. The zero-order valence-electron chi connectivity index (χ0n) is 8.95. The minimum atomic E-state index is -1.17. The molecule has 0 aromatic carbocycles. The molecule has 0 saturated carbocycles. The van der Waals surface area contributed by atoms with E-state index in [1.807, 2.05) is 0 Å². The summed E-state index contributed by atoms with van der Waals surface area (Å²) in [5.41, 5.74) is 15.4. The van der Waals surface area contributed by atoms with Gasteiger partial charge in [0.2, 0.25) is 0 Å². The molecule has 0 fully saturated rings. The SMILES string of the molecule is CCC(=[N+]=[N-])C(=O)O.CCOC(=O)C=[N+]=[N-]. The Hall–Kier alpha value is -2.30. The number of hydrogen-bond donors (Lipinski definition) is 1. The summed E-state index contributed by atoms with van der Waals surface area (Å²) in [6, 6.07) is 0. The lowest BCUT2D eigenvalue weighted by atomic mass is 10.3. The maximum atomic E-state index is 10.1. The molecule has 8 heteroatoms. The van der Waals surface area contributed by atoms with Crippen molar-refractivity contribution in [1.29, 1.82) is 0 Å². The van der Waals surface area contributed by atoms with E-state index < -0.39 is 11.9 Å². The van der Waals surface area contributed by atoms with E-state index in [0.29, 0.717) is 12.8 Å². The monoisotopic (exact) mass is 228 g/mol. The molecule has 8 nitrogen and oxygen atoms in total. The van der Waals surface area contributed by atoms with Gasteiger partial charge in [0.25, 0.3) is 0 Å². The maximum Gasteiger partial charge on any atom is 0.414 e. The first-order valence-corrected chi connectivity index (χ1v) is 4.31. The van der Waals surface area contributed by atoms with Crippen molar-refractivity contribution < 1.29 is 29.0 Å². The van der Waals surface area contributed by atoms with E-state index in [2.05, 4.69) is 14.3 Å². The largest absolute Gasteiger partial charge is 0.473 e. The minimum Gasteiger partial charge on any atom is -0.473 e. The number of aliphatic carboxylic acids is 1. The molecule has 0 unspecified atom stereocenters. The second-order valence-corrected chi connectivity index (χ2v) is 2.20. The topological polar surface area (TPSA) is 136 Å². The molecule has 0 heterocycles. The van der Waals surface area contributed by atoms with Gasteiger partial charge in [0.1, 0.15) is 0 Å². The molecule has 0 spiro atoms. The van der Waals surface area contributed by atoms with Gasteiger partial charge in [-0.1, -0.05) is 6.92 Å². The highest BCUT2D eigenvalue weighted by molar-refractivity contribution is 6.32. The number of esters is 1. The van der Waals surface area contributed by atoms with E-state index in [4.69, 9.17) is 16.2 Å². The summed E-state index contributed by atoms with van der Waals surface area (Å²) in [6.45, 7) is 3.57. The first-order valence-electron chi connectivity index (χ1n) is 4.31. The van der Waals surface area contributed by atoms with Crippen molar-refractivity contribution in [1.82, 2.24) is 0 Å². The van der Waals surface area contributed by atoms with Gasteiger partial charge in [0.05, 0.1) is 13.0 Å². The average Bonchev–Trinajstić information content (AvgIpc) is 2.20. The Morgan fingerprint density at radius 3 is 2.12 bits per heavy atom. The highest BCUT2D eigenvalue weighted by atomic mass is 16.5. The van der Waals surface area contributed by atoms with Gasteiger partial charge >= 0.3 is 23.9 Å². The van der Waals surface area contributed by atoms with E-state index in [-0.39, 0.29) is 12.1 Å². The molecule has 0 aliphatic carbocycles. The Morgan fingerprint density at radius 1 is 1.38 bits per heavy atom. The molecular formula is C8H12N4O4. The number of carbonyl (C=O) groups is 2. The second-order valence-electron chi connectivity index (χ2n) is 2.20. The van der Waals surface area contributed by atoms with Crippen LogP contribution in [0.25, 0.3) is 11.1 Å². The number of rotatable bonds is 4. The lowest BCUT2D eigenvalue weighted by Gasteiger charge is -1.86. The Morgan fingerprint density at radius 2 is 1.94 bits per heavy atom. The quantitative estimate of drug-likeness (QED) is 0.313. The molecule has 0 aromatic rings. The minimum absolute atomic E-state index is 0.218. The zero-order chi connectivity index (χ0) is 13.0. The van der Waals surface area contributed by atoms with Crippen molar-refractivity contribution in [3.05, 3.63) is 11.1 Å². The second kappa shape index (κ2) is 10.8. The summed E-state index contributed by atoms with van der Waals surface area (Å²) in [5, 5.41) is 8.08. The van der Waals surface area contributed by atoms with Crippen LogP contribution in [0.2, 0.25) is 0 Å². The molecule has 1 N–H and O–H groups in total. The Kier molecular flexibility index (Phi) is 10.9. The zero-order valence-corrected chi connectivity index (χ0v) is 8.95. The summed E-state index contributed by atoms with van der Waals surface area (Å²) >= 11 is 0. The molecule has 0 bridgehead atoms. The third-order valence-electron chi connectivity index (χ3n) is 1.15. The van der Waals surface area contributed by atoms with Crippen LogP contribution in [0.15, 0.2) is 0 Å². The maximum absolute atomic E-state index is 10.1. The van der Waals surface area contributed by atoms with Gasteiger partial charge in [-0.3, -0.25) is 0 Å². The fraction of sp³-hybridized carbons (Fsp3) is 0.500. The van der Waals surface area contributed by atoms with Crippen molar-refractivity contribution in [2.24, 2.45) is 0 Å². The van der Waals surface area contributed by atoms with Gasteiger partial charge in [-0.15, -0.1) is 0 Å². The molecule has 0 amide bonds. The molecule has 0 aliphatic rings. The normalized spacial score (nSPS) is 7.38. The summed E-state index contributed by atoms with van der Waals surface area (Å²) < 4.78 is 4.33. The van der Waals surface area contributed by atoms with Crippen molar-refractivity contribution in [2.45, 2.75) is 20.3 Å². The first-order chi connectivity index (χ1) is 7.53. The van der Waals surface area contributed by atoms with Crippen LogP contribution in [-0.4, -0.2) is 45.2 Å². The predicted molar refractivity (Wildman–Crippen MR) is 52.9 cm³/mol. The van der Waals surface area contributed by atoms with Gasteiger partial charge in [0.15, 0.2) is 0 Å². The molecule has 0 saturated heterocycles. The Balaban J connectivity index is 0. The number of carboxylic acids is 1. The van der Waals surface area contributed by atoms with Gasteiger partial charge in [-0.25, -0.2) is 9.59 Å². The lowest BCUT2D eigenvalue weighted by molar-refractivity contribution is -0.138. The highest BCUT2D eigenvalue weighted by Gasteiger charge is 2.13. The van der Waals surface area contributed by atoms with E-state index in [1.54, 1.807) is 13.8 Å². The van der Waals surface area contributed by atoms with Crippen LogP contribution in [0.1, 0.15) is 20.3 Å². The summed E-state index contributed by atoms with van der Waals surface area (Å²) in [5.74, 6) is -1.80. The number of hydrogen-bond acceptors (Lipinski definition) is 3. The fourth-order valence-corrected chi connectivity index (χ4v) is 0.491. The van der Waals surface area contributed by atoms with Crippen molar-refractivity contribution in [3.63, 3.8) is 0 Å². The number of ether oxygens (including phenoxy) is 1. The van der Waals surface area contributed by atoms with Crippen LogP contribution in [0, 0.1) is 0 Å². The van der Waals surface area contributed by atoms with Crippen LogP contribution in [0.4, 0.5) is 0 Å².